The molecule has 100 heavy (non-hydrogen) atoms. The summed E-state index contributed by atoms with van der Waals surface area (Å²) in [6.07, 6.45) is 4.27. The van der Waals surface area contributed by atoms with E-state index in [-0.39, 0.29) is 36.6 Å². The first-order valence-corrected chi connectivity index (χ1v) is 31.9. The number of aromatic hydroxyl groups is 3. The second kappa shape index (κ2) is 34.4. The second-order valence-electron chi connectivity index (χ2n) is 23.3. The van der Waals surface area contributed by atoms with E-state index in [1.54, 1.807) is 30.5 Å². The summed E-state index contributed by atoms with van der Waals surface area (Å²) in [5.41, 5.74) is 43.8. The van der Waals surface area contributed by atoms with Gasteiger partial charge in [-0.25, -0.2) is 22.5 Å². The highest BCUT2D eigenvalue weighted by Gasteiger charge is 2.20. The maximum absolute atomic E-state index is 14.4. The minimum atomic E-state index is -1.03. The molecule has 1 aromatic heterocycles. The fraction of sp³-hybridized carbons (Fsp3) is 0.0964. The molecule has 504 valence electrons. The van der Waals surface area contributed by atoms with Gasteiger partial charge in [-0.2, -0.15) is 0 Å². The minimum absolute atomic E-state index is 0.0722. The van der Waals surface area contributed by atoms with Crippen LogP contribution >= 0.6 is 0 Å². The number of pyridine rings is 1. The number of aromatic nitrogens is 1. The number of carbonyl (C=O) groups is 4. The van der Waals surface area contributed by atoms with Gasteiger partial charge in [0, 0.05) is 43.0 Å². The van der Waals surface area contributed by atoms with Crippen LogP contribution in [0.2, 0.25) is 0 Å². The summed E-state index contributed by atoms with van der Waals surface area (Å²) in [5.74, 6) is -6.29. The van der Waals surface area contributed by atoms with E-state index in [2.05, 4.69) is 35.3 Å². The largest absolute Gasteiger partial charge is 0.505 e. The Balaban J connectivity index is 0.000000156. The molecule has 0 saturated heterocycles. The van der Waals surface area contributed by atoms with Gasteiger partial charge in [0.15, 0.2) is 40.5 Å². The summed E-state index contributed by atoms with van der Waals surface area (Å²) in [6, 6.07) is 77.4. The Morgan fingerprint density at radius 2 is 0.630 bits per heavy atom. The van der Waals surface area contributed by atoms with E-state index in [0.717, 1.165) is 84.0 Å². The third-order valence-corrected chi connectivity index (χ3v) is 16.4. The summed E-state index contributed by atoms with van der Waals surface area (Å²) >= 11 is 0. The maximum atomic E-state index is 14.4. The standard InChI is InChI=1S/C21H17F2NO2.2C21H18FNO2.C20H19N3O/c22-18-10-9-17(20(23)21(18)26)16-8-6-14(13-4-2-1-3-5-13)12-15(16)7-11-19(24)25;22-21-18(7-4-8-19(21)24)17-11-9-15(14-5-2-1-3-6-14)13-16(17)10-12-20(23)25;22-19-10-7-17(13-20(19)24)18-9-6-15(14-4-2-1-3-5-14)12-16(18)8-11-21(23)25;21-19-13-17(10-11-23-19)18-8-6-15(14-4-2-1-3-5-14)12-16(18)7-9-20(22)24/h1-6,8-10,12,26H,7,11H2,(H2,24,25);1-9,11,13,24H,10,12H2,(H2,23,25);1-7,9-10,12-13,24H,8,11H2,(H2,23,25);1-6,8,10-13H,7,9H2,(H2,21,23)(H2,22,24). The van der Waals surface area contributed by atoms with Crippen LogP contribution in [0, 0.1) is 23.3 Å². The highest BCUT2D eigenvalue weighted by Crippen LogP contribution is 2.38. The fourth-order valence-corrected chi connectivity index (χ4v) is 11.3. The second-order valence-corrected chi connectivity index (χ2v) is 23.3. The lowest BCUT2D eigenvalue weighted by atomic mass is 9.92. The Labute approximate surface area is 576 Å². The number of amides is 4. The van der Waals surface area contributed by atoms with Crippen molar-refractivity contribution in [2.24, 2.45) is 22.9 Å². The van der Waals surface area contributed by atoms with Crippen LogP contribution in [0.15, 0.2) is 261 Å². The van der Waals surface area contributed by atoms with E-state index in [0.29, 0.717) is 65.7 Å². The van der Waals surface area contributed by atoms with Crippen LogP contribution < -0.4 is 28.7 Å². The topological polar surface area (TPSA) is 272 Å². The number of carbonyl (C=O) groups excluding carboxylic acids is 4. The fourth-order valence-electron chi connectivity index (χ4n) is 11.3. The molecule has 0 aliphatic carbocycles. The lowest BCUT2D eigenvalue weighted by Crippen LogP contribution is -2.11. The average molecular weight is 1340 g/mol. The Hall–Kier alpha value is -12.6. The number of primary amides is 4. The Morgan fingerprint density at radius 1 is 0.300 bits per heavy atom. The van der Waals surface area contributed by atoms with Crippen LogP contribution in [0.3, 0.4) is 0 Å². The first-order chi connectivity index (χ1) is 48.2. The zero-order chi connectivity index (χ0) is 71.2. The minimum Gasteiger partial charge on any atom is -0.505 e. The summed E-state index contributed by atoms with van der Waals surface area (Å²) in [4.78, 5) is 48.9. The van der Waals surface area contributed by atoms with E-state index in [1.807, 2.05) is 170 Å². The van der Waals surface area contributed by atoms with Gasteiger partial charge in [0.2, 0.25) is 23.6 Å². The molecule has 1 heterocycles. The number of nitrogens with two attached hydrogens (primary N) is 5. The number of hydrogen-bond donors (Lipinski definition) is 8. The number of halogens is 4. The van der Waals surface area contributed by atoms with Crippen LogP contribution in [0.25, 0.3) is 89.0 Å². The molecule has 11 aromatic carbocycles. The molecule has 0 bridgehead atoms. The van der Waals surface area contributed by atoms with E-state index >= 15 is 0 Å². The molecule has 17 heteroatoms. The van der Waals surface area contributed by atoms with Crippen molar-refractivity contribution in [1.29, 1.82) is 0 Å². The van der Waals surface area contributed by atoms with Gasteiger partial charge in [-0.3, -0.25) is 19.2 Å². The SMILES string of the molecule is NC(=O)CCc1cc(-c2ccccc2)ccc1-c1ccc(F)c(O)c1.NC(=O)CCc1cc(-c2ccccc2)ccc1-c1ccc(F)c(O)c1F.NC(=O)CCc1cc(-c2ccccc2)ccc1-c1cccc(O)c1F.NC(=O)CCc1cc(-c2ccccc2)ccc1-c1ccnc(N)c1. The number of aryl methyl sites for hydroxylation is 4. The molecule has 0 saturated carbocycles. The van der Waals surface area contributed by atoms with E-state index in [1.165, 1.54) is 24.3 Å². The monoisotopic (exact) mass is 1340 g/mol. The summed E-state index contributed by atoms with van der Waals surface area (Å²) in [7, 11) is 0. The maximum Gasteiger partial charge on any atom is 0.217 e. The van der Waals surface area contributed by atoms with Gasteiger partial charge in [0.25, 0.3) is 0 Å². The molecule has 0 unspecified atom stereocenters. The van der Waals surface area contributed by atoms with Crippen LogP contribution in [0.5, 0.6) is 17.2 Å². The summed E-state index contributed by atoms with van der Waals surface area (Å²) in [5, 5.41) is 28.9. The van der Waals surface area contributed by atoms with Crippen LogP contribution in [0.1, 0.15) is 47.9 Å². The third kappa shape index (κ3) is 19.3. The molecule has 0 aliphatic heterocycles. The van der Waals surface area contributed by atoms with Crippen molar-refractivity contribution in [2.45, 2.75) is 51.4 Å². The van der Waals surface area contributed by atoms with Crippen molar-refractivity contribution >= 4 is 29.4 Å². The first kappa shape index (κ1) is 71.7. The quantitative estimate of drug-likeness (QED) is 0.0337. The first-order valence-electron chi connectivity index (χ1n) is 31.9. The molecular formula is C83H72F4N6O7. The molecule has 12 aromatic rings. The molecule has 0 atom stereocenters. The molecule has 13 N–H and O–H groups in total. The summed E-state index contributed by atoms with van der Waals surface area (Å²) < 4.78 is 55.4. The lowest BCUT2D eigenvalue weighted by molar-refractivity contribution is -0.118. The predicted molar refractivity (Wildman–Crippen MR) is 386 cm³/mol. The molecule has 0 fully saturated rings. The zero-order valence-electron chi connectivity index (χ0n) is 54.3. The average Bonchev–Trinajstić information content (AvgIpc) is 0.770. The van der Waals surface area contributed by atoms with Gasteiger partial charge < -0.3 is 44.0 Å². The van der Waals surface area contributed by atoms with Crippen molar-refractivity contribution in [1.82, 2.24) is 4.98 Å². The molecule has 4 amide bonds. The van der Waals surface area contributed by atoms with Gasteiger partial charge in [-0.1, -0.05) is 212 Å². The Morgan fingerprint density at radius 3 is 1.00 bits per heavy atom. The van der Waals surface area contributed by atoms with Crippen LogP contribution in [-0.4, -0.2) is 43.9 Å². The van der Waals surface area contributed by atoms with Crippen molar-refractivity contribution in [3.8, 4) is 106 Å². The molecule has 12 rings (SSSR count). The molecule has 0 spiro atoms. The van der Waals surface area contributed by atoms with Gasteiger partial charge in [-0.05, 0) is 168 Å². The number of rotatable bonds is 20. The highest BCUT2D eigenvalue weighted by atomic mass is 19.1. The molecular weight excluding hydrogens is 1270 g/mol. The van der Waals surface area contributed by atoms with Crippen LogP contribution in [-0.2, 0) is 44.9 Å². The zero-order valence-corrected chi connectivity index (χ0v) is 54.3. The molecule has 13 nitrogen and oxygen atoms in total. The van der Waals surface area contributed by atoms with Gasteiger partial charge >= 0.3 is 0 Å². The van der Waals surface area contributed by atoms with Gasteiger partial charge in [0.05, 0.1) is 0 Å². The van der Waals surface area contributed by atoms with Crippen molar-refractivity contribution in [3.63, 3.8) is 0 Å². The number of nitrogen functional groups attached to an aromatic ring is 1. The lowest BCUT2D eigenvalue weighted by Gasteiger charge is -2.14. The van der Waals surface area contributed by atoms with Crippen molar-refractivity contribution in [2.75, 3.05) is 5.73 Å². The third-order valence-electron chi connectivity index (χ3n) is 16.4. The number of anilines is 1. The number of hydrogen-bond acceptors (Lipinski definition) is 9. The Bertz CT molecular complexity index is 4850. The van der Waals surface area contributed by atoms with Crippen LogP contribution in [0.4, 0.5) is 23.4 Å². The summed E-state index contributed by atoms with van der Waals surface area (Å²) in [6.45, 7) is 0. The van der Waals surface area contributed by atoms with E-state index < -0.39 is 52.3 Å². The Kier molecular flexibility index (Phi) is 24.6. The molecule has 0 radical (unpaired) electrons. The van der Waals surface area contributed by atoms with E-state index in [9.17, 15) is 52.1 Å². The molecule has 0 aliphatic rings. The number of phenols is 3. The van der Waals surface area contributed by atoms with E-state index in [4.69, 9.17) is 28.7 Å². The normalized spacial score (nSPS) is 10.6. The smallest absolute Gasteiger partial charge is 0.217 e. The van der Waals surface area contributed by atoms with Crippen molar-refractivity contribution < 1.29 is 52.1 Å². The van der Waals surface area contributed by atoms with Gasteiger partial charge in [-0.15, -0.1) is 0 Å². The van der Waals surface area contributed by atoms with Crippen molar-refractivity contribution in [3.05, 3.63) is 307 Å². The number of nitrogens with zero attached hydrogens (tertiary/aromatic N) is 1. The predicted octanol–water partition coefficient (Wildman–Crippen LogP) is 16.4. The van der Waals surface area contributed by atoms with Gasteiger partial charge in [0.1, 0.15) is 5.82 Å². The number of phenolic OH excluding ortho intramolecular Hbond substituents is 3. The highest BCUT2D eigenvalue weighted by molar-refractivity contribution is 5.82. The number of benzene rings is 11.